The standard InChI is InChI=1S/C30H29N5O4/c1-30(2,3)39-29(37)15-22-14-28(36)34(18-22)24-9-7-23(8-10-24)25-17-32-26-11-12-27(33-35(25)26)38-19-21-6-4-5-20(13-21)16-31/h4-13,17,22H,14-15,18-19H2,1-3H3/t22-/m1/s1. The van der Waals surface area contributed by atoms with Crippen molar-refractivity contribution in [3.8, 4) is 23.2 Å². The fraction of sp³-hybridized carbons (Fsp3) is 0.300. The predicted molar refractivity (Wildman–Crippen MR) is 145 cm³/mol. The van der Waals surface area contributed by atoms with Crippen LogP contribution in [0.5, 0.6) is 5.88 Å². The molecule has 39 heavy (non-hydrogen) atoms. The van der Waals surface area contributed by atoms with Crippen molar-refractivity contribution in [2.75, 3.05) is 11.4 Å². The Kier molecular flexibility index (Phi) is 7.03. The highest BCUT2D eigenvalue weighted by molar-refractivity contribution is 5.96. The number of benzene rings is 2. The maximum absolute atomic E-state index is 12.7. The molecule has 9 nitrogen and oxygen atoms in total. The molecule has 1 fully saturated rings. The van der Waals surface area contributed by atoms with Crippen molar-refractivity contribution in [1.29, 1.82) is 5.26 Å². The lowest BCUT2D eigenvalue weighted by Crippen LogP contribution is -2.27. The van der Waals surface area contributed by atoms with Crippen molar-refractivity contribution in [3.05, 3.63) is 78.0 Å². The summed E-state index contributed by atoms with van der Waals surface area (Å²) in [6, 6.07) is 20.6. The zero-order valence-electron chi connectivity index (χ0n) is 22.1. The largest absolute Gasteiger partial charge is 0.472 e. The van der Waals surface area contributed by atoms with E-state index < -0.39 is 5.60 Å². The molecule has 198 valence electrons. The van der Waals surface area contributed by atoms with Gasteiger partial charge in [-0.2, -0.15) is 5.26 Å². The van der Waals surface area contributed by atoms with Crippen LogP contribution >= 0.6 is 0 Å². The Labute approximate surface area is 226 Å². The van der Waals surface area contributed by atoms with Gasteiger partial charge in [0.2, 0.25) is 11.8 Å². The average Bonchev–Trinajstić information content (AvgIpc) is 3.49. The van der Waals surface area contributed by atoms with Gasteiger partial charge in [-0.05, 0) is 62.6 Å². The number of anilines is 1. The number of nitriles is 1. The van der Waals surface area contributed by atoms with E-state index in [1.54, 1.807) is 33.8 Å². The summed E-state index contributed by atoms with van der Waals surface area (Å²) < 4.78 is 13.0. The summed E-state index contributed by atoms with van der Waals surface area (Å²) in [6.07, 6.45) is 2.29. The zero-order valence-corrected chi connectivity index (χ0v) is 22.1. The first-order valence-electron chi connectivity index (χ1n) is 12.8. The maximum Gasteiger partial charge on any atom is 0.306 e. The first-order chi connectivity index (χ1) is 18.7. The van der Waals surface area contributed by atoms with E-state index in [0.29, 0.717) is 30.1 Å². The highest BCUT2D eigenvalue weighted by Crippen LogP contribution is 2.30. The minimum absolute atomic E-state index is 0.00475. The van der Waals surface area contributed by atoms with Crippen LogP contribution < -0.4 is 9.64 Å². The van der Waals surface area contributed by atoms with Gasteiger partial charge in [-0.15, -0.1) is 5.10 Å². The second kappa shape index (κ2) is 10.6. The van der Waals surface area contributed by atoms with Gasteiger partial charge in [-0.3, -0.25) is 9.59 Å². The summed E-state index contributed by atoms with van der Waals surface area (Å²) in [5.74, 6) is 0.0711. The van der Waals surface area contributed by atoms with Gasteiger partial charge in [0, 0.05) is 30.3 Å². The number of hydrogen-bond acceptors (Lipinski definition) is 7. The van der Waals surface area contributed by atoms with E-state index in [1.807, 2.05) is 63.2 Å². The third-order valence-electron chi connectivity index (χ3n) is 6.34. The highest BCUT2D eigenvalue weighted by atomic mass is 16.6. The monoisotopic (exact) mass is 523 g/mol. The molecule has 2 aromatic heterocycles. The molecular weight excluding hydrogens is 494 g/mol. The van der Waals surface area contributed by atoms with Crippen LogP contribution in [0.25, 0.3) is 16.9 Å². The quantitative estimate of drug-likeness (QED) is 0.316. The van der Waals surface area contributed by atoms with Gasteiger partial charge in [-0.1, -0.05) is 24.3 Å². The SMILES string of the molecule is CC(C)(C)OC(=O)C[C@H]1CC(=O)N(c2ccc(-c3cnc4ccc(OCc5cccc(C#N)c5)nn34)cc2)C1. The van der Waals surface area contributed by atoms with E-state index in [2.05, 4.69) is 16.2 Å². The van der Waals surface area contributed by atoms with Gasteiger partial charge in [0.15, 0.2) is 5.65 Å². The summed E-state index contributed by atoms with van der Waals surface area (Å²) in [6.45, 7) is 6.27. The summed E-state index contributed by atoms with van der Waals surface area (Å²) >= 11 is 0. The third-order valence-corrected chi connectivity index (χ3v) is 6.34. The molecule has 0 aliphatic carbocycles. The van der Waals surface area contributed by atoms with Gasteiger partial charge < -0.3 is 14.4 Å². The smallest absolute Gasteiger partial charge is 0.306 e. The van der Waals surface area contributed by atoms with Crippen LogP contribution in [0.4, 0.5) is 5.69 Å². The number of aromatic nitrogens is 3. The number of ether oxygens (including phenoxy) is 2. The Morgan fingerprint density at radius 3 is 2.67 bits per heavy atom. The molecule has 5 rings (SSSR count). The fourth-order valence-electron chi connectivity index (χ4n) is 4.62. The molecule has 9 heteroatoms. The van der Waals surface area contributed by atoms with Crippen LogP contribution in [0, 0.1) is 17.2 Å². The van der Waals surface area contributed by atoms with Crippen LogP contribution in [0.15, 0.2) is 66.9 Å². The van der Waals surface area contributed by atoms with E-state index in [-0.39, 0.29) is 30.8 Å². The van der Waals surface area contributed by atoms with Crippen molar-refractivity contribution < 1.29 is 19.1 Å². The molecule has 1 saturated heterocycles. The van der Waals surface area contributed by atoms with E-state index in [0.717, 1.165) is 22.5 Å². The van der Waals surface area contributed by atoms with Gasteiger partial charge in [-0.25, -0.2) is 9.50 Å². The van der Waals surface area contributed by atoms with Crippen LogP contribution in [0.1, 0.15) is 44.7 Å². The van der Waals surface area contributed by atoms with Gasteiger partial charge >= 0.3 is 5.97 Å². The minimum Gasteiger partial charge on any atom is -0.472 e. The van der Waals surface area contributed by atoms with Crippen LogP contribution in [-0.4, -0.2) is 38.6 Å². The molecule has 1 aliphatic heterocycles. The molecule has 0 unspecified atom stereocenters. The molecule has 1 aliphatic rings. The second-order valence-electron chi connectivity index (χ2n) is 10.6. The summed E-state index contributed by atoms with van der Waals surface area (Å²) in [5.41, 5.74) is 4.03. The highest BCUT2D eigenvalue weighted by Gasteiger charge is 2.33. The summed E-state index contributed by atoms with van der Waals surface area (Å²) in [5, 5.41) is 13.7. The average molecular weight is 524 g/mol. The van der Waals surface area contributed by atoms with Gasteiger partial charge in [0.25, 0.3) is 0 Å². The topological polar surface area (TPSA) is 110 Å². The molecule has 4 aromatic rings. The lowest BCUT2D eigenvalue weighted by Gasteiger charge is -2.21. The molecule has 3 heterocycles. The Bertz CT molecular complexity index is 1560. The lowest BCUT2D eigenvalue weighted by molar-refractivity contribution is -0.155. The van der Waals surface area contributed by atoms with Crippen molar-refractivity contribution in [3.63, 3.8) is 0 Å². The molecule has 2 aromatic carbocycles. The number of fused-ring (bicyclic) bond motifs is 1. The molecule has 0 spiro atoms. The zero-order chi connectivity index (χ0) is 27.6. The number of hydrogen-bond donors (Lipinski definition) is 0. The molecule has 1 amide bonds. The molecule has 1 atom stereocenters. The second-order valence-corrected chi connectivity index (χ2v) is 10.6. The van der Waals surface area contributed by atoms with Gasteiger partial charge in [0.05, 0.1) is 29.9 Å². The van der Waals surface area contributed by atoms with Crippen molar-refractivity contribution in [2.45, 2.75) is 45.8 Å². The predicted octanol–water partition coefficient (Wildman–Crippen LogP) is 4.93. The minimum atomic E-state index is -0.543. The molecule has 0 saturated carbocycles. The van der Waals surface area contributed by atoms with Crippen molar-refractivity contribution in [1.82, 2.24) is 14.6 Å². The number of esters is 1. The first-order valence-corrected chi connectivity index (χ1v) is 12.8. The Hall–Kier alpha value is -4.71. The number of carbonyl (C=O) groups is 2. The Balaban J connectivity index is 1.28. The lowest BCUT2D eigenvalue weighted by atomic mass is 10.0. The fourth-order valence-corrected chi connectivity index (χ4v) is 4.62. The number of imidazole rings is 1. The Morgan fingerprint density at radius 2 is 1.92 bits per heavy atom. The number of carbonyl (C=O) groups excluding carboxylic acids is 2. The van der Waals surface area contributed by atoms with Crippen molar-refractivity contribution >= 4 is 23.2 Å². The van der Waals surface area contributed by atoms with E-state index >= 15 is 0 Å². The number of amides is 1. The van der Waals surface area contributed by atoms with E-state index in [9.17, 15) is 9.59 Å². The van der Waals surface area contributed by atoms with E-state index in [4.69, 9.17) is 14.7 Å². The van der Waals surface area contributed by atoms with Crippen LogP contribution in [-0.2, 0) is 20.9 Å². The third kappa shape index (κ3) is 6.07. The first kappa shape index (κ1) is 25.9. The Morgan fingerprint density at radius 1 is 1.13 bits per heavy atom. The van der Waals surface area contributed by atoms with Gasteiger partial charge in [0.1, 0.15) is 12.2 Å². The normalized spacial score (nSPS) is 15.4. The summed E-state index contributed by atoms with van der Waals surface area (Å²) in [7, 11) is 0. The molecule has 0 N–H and O–H groups in total. The number of rotatable bonds is 7. The number of nitrogens with zero attached hydrogens (tertiary/aromatic N) is 5. The van der Waals surface area contributed by atoms with E-state index in [1.165, 1.54) is 0 Å². The maximum atomic E-state index is 12.7. The molecular formula is C30H29N5O4. The van der Waals surface area contributed by atoms with Crippen LogP contribution in [0.3, 0.4) is 0 Å². The van der Waals surface area contributed by atoms with Crippen LogP contribution in [0.2, 0.25) is 0 Å². The van der Waals surface area contributed by atoms with Crippen molar-refractivity contribution in [2.24, 2.45) is 5.92 Å². The summed E-state index contributed by atoms with van der Waals surface area (Å²) in [4.78, 5) is 31.1. The molecule has 0 radical (unpaired) electrons. The molecule has 0 bridgehead atoms.